The van der Waals surface area contributed by atoms with Crippen LogP contribution < -0.4 is 11.1 Å². The minimum absolute atomic E-state index is 0. The van der Waals surface area contributed by atoms with Crippen molar-refractivity contribution in [2.75, 3.05) is 6.54 Å². The number of rotatable bonds is 5. The molecule has 3 N–H and O–H groups in total. The van der Waals surface area contributed by atoms with E-state index in [9.17, 15) is 4.79 Å². The number of aromatic nitrogens is 2. The molecule has 2 aromatic rings. The van der Waals surface area contributed by atoms with Gasteiger partial charge in [-0.3, -0.25) is 4.79 Å². The monoisotopic (exact) mass is 354 g/mol. The Hall–Kier alpha value is -1.56. The topological polar surface area (TPSA) is 72.9 Å². The first-order valence-electron chi connectivity index (χ1n) is 7.35. The molecule has 1 unspecified atom stereocenters. The van der Waals surface area contributed by atoms with Crippen molar-refractivity contribution in [2.45, 2.75) is 25.3 Å². The second-order valence-corrected chi connectivity index (χ2v) is 6.44. The summed E-state index contributed by atoms with van der Waals surface area (Å²) < 4.78 is 1.64. The van der Waals surface area contributed by atoms with E-state index in [4.69, 9.17) is 17.3 Å². The lowest BCUT2D eigenvalue weighted by atomic mass is 9.95. The molecule has 1 saturated carbocycles. The number of carbonyl (C=O) groups is 1. The fraction of sp³-hybridized carbons (Fsp3) is 0.375. The third-order valence-corrected chi connectivity index (χ3v) is 4.45. The Morgan fingerprint density at radius 2 is 2.26 bits per heavy atom. The highest BCUT2D eigenvalue weighted by Crippen LogP contribution is 2.39. The van der Waals surface area contributed by atoms with E-state index >= 15 is 0 Å². The molecule has 1 aromatic carbocycles. The van der Waals surface area contributed by atoms with Crippen molar-refractivity contribution >= 4 is 29.9 Å². The maximum atomic E-state index is 12.4. The highest BCUT2D eigenvalue weighted by molar-refractivity contribution is 6.30. The van der Waals surface area contributed by atoms with E-state index in [0.717, 1.165) is 18.5 Å². The van der Waals surface area contributed by atoms with Gasteiger partial charge in [0.2, 0.25) is 0 Å². The van der Waals surface area contributed by atoms with E-state index in [0.29, 0.717) is 23.0 Å². The molecule has 1 heterocycles. The van der Waals surface area contributed by atoms with Crippen LogP contribution in [-0.4, -0.2) is 27.8 Å². The summed E-state index contributed by atoms with van der Waals surface area (Å²) in [5.41, 5.74) is 6.83. The van der Waals surface area contributed by atoms with E-state index in [1.54, 1.807) is 29.2 Å². The maximum Gasteiger partial charge on any atom is 0.254 e. The fourth-order valence-corrected chi connectivity index (χ4v) is 2.76. The first-order chi connectivity index (χ1) is 10.5. The zero-order valence-corrected chi connectivity index (χ0v) is 14.4. The van der Waals surface area contributed by atoms with Crippen molar-refractivity contribution in [1.82, 2.24) is 15.1 Å². The van der Waals surface area contributed by atoms with Gasteiger partial charge in [0, 0.05) is 17.8 Å². The number of halogens is 2. The van der Waals surface area contributed by atoms with Crippen LogP contribution in [0.5, 0.6) is 0 Å². The molecule has 3 rings (SSSR count). The standard InChI is InChI=1S/C16H19ClN4O.ClH/c1-16(10-18,12-5-6-12)20-15(22)11-8-19-21(9-11)14-4-2-3-13(17)7-14;/h2-4,7-9,12H,5-6,10,18H2,1H3,(H,20,22);1H. The predicted octanol–water partition coefficient (Wildman–Crippen LogP) is 2.80. The lowest BCUT2D eigenvalue weighted by Gasteiger charge is -2.29. The third kappa shape index (κ3) is 3.86. The summed E-state index contributed by atoms with van der Waals surface area (Å²) in [7, 11) is 0. The highest BCUT2D eigenvalue weighted by atomic mass is 35.5. The van der Waals surface area contributed by atoms with Crippen LogP contribution in [0.25, 0.3) is 5.69 Å². The molecule has 124 valence electrons. The predicted molar refractivity (Wildman–Crippen MR) is 93.5 cm³/mol. The number of nitrogens with two attached hydrogens (primary N) is 1. The number of nitrogens with one attached hydrogen (secondary N) is 1. The molecular weight excluding hydrogens is 335 g/mol. The van der Waals surface area contributed by atoms with E-state index in [1.165, 1.54) is 0 Å². The molecule has 0 spiro atoms. The molecule has 5 nitrogen and oxygen atoms in total. The number of hydrogen-bond acceptors (Lipinski definition) is 3. The van der Waals surface area contributed by atoms with Crippen LogP contribution in [0.15, 0.2) is 36.7 Å². The van der Waals surface area contributed by atoms with Gasteiger partial charge in [-0.15, -0.1) is 12.4 Å². The lowest BCUT2D eigenvalue weighted by Crippen LogP contribution is -2.53. The van der Waals surface area contributed by atoms with E-state index < -0.39 is 0 Å². The van der Waals surface area contributed by atoms with Gasteiger partial charge in [-0.05, 0) is 43.9 Å². The molecule has 23 heavy (non-hydrogen) atoms. The molecule has 0 bridgehead atoms. The largest absolute Gasteiger partial charge is 0.345 e. The van der Waals surface area contributed by atoms with Crippen molar-refractivity contribution in [3.8, 4) is 5.69 Å². The summed E-state index contributed by atoms with van der Waals surface area (Å²) in [6.07, 6.45) is 5.50. The molecule has 1 fully saturated rings. The van der Waals surface area contributed by atoms with Gasteiger partial charge < -0.3 is 11.1 Å². The van der Waals surface area contributed by atoms with Crippen molar-refractivity contribution < 1.29 is 4.79 Å². The summed E-state index contributed by atoms with van der Waals surface area (Å²) in [4.78, 5) is 12.4. The van der Waals surface area contributed by atoms with Gasteiger partial charge in [0.15, 0.2) is 0 Å². The number of benzene rings is 1. The first kappa shape index (κ1) is 17.8. The van der Waals surface area contributed by atoms with Crippen molar-refractivity contribution in [3.05, 3.63) is 47.2 Å². The van der Waals surface area contributed by atoms with Gasteiger partial charge in [0.25, 0.3) is 5.91 Å². The quantitative estimate of drug-likeness (QED) is 0.866. The molecular formula is C16H20Cl2N4O. The van der Waals surface area contributed by atoms with Gasteiger partial charge in [0.1, 0.15) is 0 Å². The van der Waals surface area contributed by atoms with Gasteiger partial charge in [-0.2, -0.15) is 5.10 Å². The average Bonchev–Trinajstić information content (AvgIpc) is 3.25. The van der Waals surface area contributed by atoms with E-state index in [1.807, 2.05) is 19.1 Å². The van der Waals surface area contributed by atoms with Crippen molar-refractivity contribution in [2.24, 2.45) is 11.7 Å². The van der Waals surface area contributed by atoms with Crippen molar-refractivity contribution in [1.29, 1.82) is 0 Å². The van der Waals surface area contributed by atoms with Gasteiger partial charge >= 0.3 is 0 Å². The Balaban J connectivity index is 0.00000192. The van der Waals surface area contributed by atoms with Gasteiger partial charge in [-0.25, -0.2) is 4.68 Å². The molecule has 7 heteroatoms. The summed E-state index contributed by atoms with van der Waals surface area (Å²) in [6, 6.07) is 7.32. The highest BCUT2D eigenvalue weighted by Gasteiger charge is 2.41. The van der Waals surface area contributed by atoms with E-state index in [2.05, 4.69) is 10.4 Å². The smallest absolute Gasteiger partial charge is 0.254 e. The summed E-state index contributed by atoms with van der Waals surface area (Å²) >= 11 is 5.98. The van der Waals surface area contributed by atoms with Crippen LogP contribution in [-0.2, 0) is 0 Å². The number of hydrogen-bond donors (Lipinski definition) is 2. The number of carbonyl (C=O) groups excluding carboxylic acids is 1. The molecule has 1 atom stereocenters. The van der Waals surface area contributed by atoms with Crippen LogP contribution in [0, 0.1) is 5.92 Å². The minimum atomic E-state index is -0.338. The Morgan fingerprint density at radius 1 is 1.52 bits per heavy atom. The Morgan fingerprint density at radius 3 is 2.87 bits per heavy atom. The molecule has 0 radical (unpaired) electrons. The molecule has 1 aliphatic rings. The first-order valence-corrected chi connectivity index (χ1v) is 7.73. The summed E-state index contributed by atoms with van der Waals surface area (Å²) in [5.74, 6) is 0.331. The second kappa shape index (κ2) is 6.91. The average molecular weight is 355 g/mol. The third-order valence-electron chi connectivity index (χ3n) is 4.22. The lowest BCUT2D eigenvalue weighted by molar-refractivity contribution is 0.0898. The zero-order valence-electron chi connectivity index (χ0n) is 12.8. The van der Waals surface area contributed by atoms with E-state index in [-0.39, 0.29) is 23.9 Å². The van der Waals surface area contributed by atoms with Crippen molar-refractivity contribution in [3.63, 3.8) is 0 Å². The van der Waals surface area contributed by atoms with Crippen LogP contribution in [0.1, 0.15) is 30.1 Å². The Bertz CT molecular complexity index is 699. The normalized spacial score (nSPS) is 16.3. The molecule has 1 amide bonds. The Kier molecular flexibility index (Phi) is 5.34. The molecule has 1 aromatic heterocycles. The van der Waals surface area contributed by atoms with Crippen LogP contribution >= 0.6 is 24.0 Å². The second-order valence-electron chi connectivity index (χ2n) is 6.00. The minimum Gasteiger partial charge on any atom is -0.345 e. The fourth-order valence-electron chi connectivity index (χ4n) is 2.57. The van der Waals surface area contributed by atoms with Crippen LogP contribution in [0.2, 0.25) is 5.02 Å². The van der Waals surface area contributed by atoms with Crippen LogP contribution in [0.3, 0.4) is 0 Å². The van der Waals surface area contributed by atoms with Gasteiger partial charge in [0.05, 0.1) is 23.0 Å². The summed E-state index contributed by atoms with van der Waals surface area (Å²) in [6.45, 7) is 2.44. The number of nitrogens with zero attached hydrogens (tertiary/aromatic N) is 2. The molecule has 1 aliphatic carbocycles. The Labute approximate surface area is 146 Å². The zero-order chi connectivity index (χ0) is 15.7. The summed E-state index contributed by atoms with van der Waals surface area (Å²) in [5, 5.41) is 7.91. The van der Waals surface area contributed by atoms with Gasteiger partial charge in [-0.1, -0.05) is 17.7 Å². The number of amides is 1. The molecule has 0 saturated heterocycles. The van der Waals surface area contributed by atoms with Crippen LogP contribution in [0.4, 0.5) is 0 Å². The SMILES string of the molecule is CC(CN)(NC(=O)c1cnn(-c2cccc(Cl)c2)c1)C1CC1.Cl. The molecule has 0 aliphatic heterocycles. The maximum absolute atomic E-state index is 12.4.